The number of halogens is 3. The molecule has 2 N–H and O–H groups in total. The number of hydrogen-bond donors (Lipinski definition) is 1. The Labute approximate surface area is 154 Å². The molecule has 3 aromatic rings. The number of pyridine rings is 1. The van der Waals surface area contributed by atoms with Crippen molar-refractivity contribution in [2.75, 3.05) is 5.73 Å². The lowest BCUT2D eigenvalue weighted by molar-refractivity contribution is -0.137. The zero-order valence-corrected chi connectivity index (χ0v) is 14.5. The van der Waals surface area contributed by atoms with E-state index >= 15 is 0 Å². The van der Waals surface area contributed by atoms with Crippen molar-refractivity contribution in [3.8, 4) is 28.5 Å². The predicted octanol–water partition coefficient (Wildman–Crippen LogP) is 5.45. The van der Waals surface area contributed by atoms with Gasteiger partial charge in [-0.1, -0.05) is 49.4 Å². The van der Waals surface area contributed by atoms with Crippen LogP contribution in [0.25, 0.3) is 22.4 Å². The molecule has 1 aromatic heterocycles. The van der Waals surface area contributed by atoms with Gasteiger partial charge in [-0.3, -0.25) is 0 Å². The summed E-state index contributed by atoms with van der Waals surface area (Å²) in [6.45, 7) is 2.03. The first-order chi connectivity index (χ1) is 12.8. The molecular formula is C21H16F3N3. The minimum absolute atomic E-state index is 0.0689. The monoisotopic (exact) mass is 367 g/mol. The van der Waals surface area contributed by atoms with Crippen LogP contribution in [-0.2, 0) is 12.6 Å². The van der Waals surface area contributed by atoms with Crippen molar-refractivity contribution < 1.29 is 13.2 Å². The molecule has 0 spiro atoms. The highest BCUT2D eigenvalue weighted by Crippen LogP contribution is 2.40. The van der Waals surface area contributed by atoms with Gasteiger partial charge in [0.2, 0.25) is 0 Å². The molecule has 3 rings (SSSR count). The number of aromatic nitrogens is 1. The highest BCUT2D eigenvalue weighted by Gasteiger charge is 2.34. The molecule has 136 valence electrons. The summed E-state index contributed by atoms with van der Waals surface area (Å²) >= 11 is 0. The Bertz CT molecular complexity index is 1020. The summed E-state index contributed by atoms with van der Waals surface area (Å²) in [5, 5.41) is 9.43. The quantitative estimate of drug-likeness (QED) is 0.669. The zero-order valence-electron chi connectivity index (χ0n) is 14.5. The van der Waals surface area contributed by atoms with Gasteiger partial charge in [0.25, 0.3) is 0 Å². The molecule has 0 radical (unpaired) electrons. The van der Waals surface area contributed by atoms with Gasteiger partial charge < -0.3 is 5.73 Å². The van der Waals surface area contributed by atoms with Crippen molar-refractivity contribution in [3.05, 3.63) is 71.3 Å². The number of nitriles is 1. The van der Waals surface area contributed by atoms with E-state index in [0.29, 0.717) is 11.3 Å². The van der Waals surface area contributed by atoms with Gasteiger partial charge in [-0.2, -0.15) is 18.4 Å². The fourth-order valence-electron chi connectivity index (χ4n) is 2.92. The summed E-state index contributed by atoms with van der Waals surface area (Å²) in [4.78, 5) is 4.22. The van der Waals surface area contributed by atoms with Crippen molar-refractivity contribution in [3.63, 3.8) is 0 Å². The molecule has 0 unspecified atom stereocenters. The highest BCUT2D eigenvalue weighted by molar-refractivity contribution is 5.82. The molecule has 0 aliphatic carbocycles. The van der Waals surface area contributed by atoms with Crippen LogP contribution in [-0.4, -0.2) is 4.98 Å². The number of anilines is 1. The number of rotatable bonds is 3. The number of nitrogen functional groups attached to an aromatic ring is 1. The molecule has 0 fully saturated rings. The third-order valence-electron chi connectivity index (χ3n) is 4.34. The standard InChI is InChI=1S/C21H16F3N3/c1-2-13-7-9-14(10-8-13)19-11-16(17(12-25)20(26)27-19)15-5-3-4-6-18(15)21(22,23)24/h3-11H,2H2,1H3,(H2,26,27). The van der Waals surface area contributed by atoms with Crippen molar-refractivity contribution in [1.29, 1.82) is 5.26 Å². The lowest BCUT2D eigenvalue weighted by Gasteiger charge is -2.15. The van der Waals surface area contributed by atoms with Crippen molar-refractivity contribution in [2.45, 2.75) is 19.5 Å². The Morgan fingerprint density at radius 2 is 1.70 bits per heavy atom. The largest absolute Gasteiger partial charge is 0.417 e. The van der Waals surface area contributed by atoms with Gasteiger partial charge in [0.1, 0.15) is 17.5 Å². The maximum Gasteiger partial charge on any atom is 0.417 e. The van der Waals surface area contributed by atoms with E-state index in [1.165, 1.54) is 24.3 Å². The lowest BCUT2D eigenvalue weighted by atomic mass is 9.94. The number of nitrogens with two attached hydrogens (primary N) is 1. The van der Waals surface area contributed by atoms with Gasteiger partial charge in [-0.25, -0.2) is 4.98 Å². The van der Waals surface area contributed by atoms with Crippen LogP contribution in [0.3, 0.4) is 0 Å². The van der Waals surface area contributed by atoms with Crippen LogP contribution >= 0.6 is 0 Å². The lowest BCUT2D eigenvalue weighted by Crippen LogP contribution is -2.08. The SMILES string of the molecule is CCc1ccc(-c2cc(-c3ccccc3C(F)(F)F)c(C#N)c(N)n2)cc1. The molecule has 0 saturated heterocycles. The molecule has 0 aliphatic heterocycles. The van der Waals surface area contributed by atoms with Gasteiger partial charge >= 0.3 is 6.18 Å². The minimum Gasteiger partial charge on any atom is -0.383 e. The Morgan fingerprint density at radius 3 is 2.30 bits per heavy atom. The molecule has 0 atom stereocenters. The first kappa shape index (κ1) is 18.5. The maximum absolute atomic E-state index is 13.4. The van der Waals surface area contributed by atoms with Crippen LogP contribution in [0.15, 0.2) is 54.6 Å². The third-order valence-corrected chi connectivity index (χ3v) is 4.34. The van der Waals surface area contributed by atoms with Crippen LogP contribution in [0.4, 0.5) is 19.0 Å². The normalized spacial score (nSPS) is 11.2. The molecule has 0 saturated carbocycles. The molecule has 1 heterocycles. The van der Waals surface area contributed by atoms with E-state index in [1.54, 1.807) is 0 Å². The zero-order chi connectivity index (χ0) is 19.6. The molecule has 3 nitrogen and oxygen atoms in total. The van der Waals surface area contributed by atoms with E-state index in [9.17, 15) is 18.4 Å². The van der Waals surface area contributed by atoms with Crippen LogP contribution in [0.5, 0.6) is 0 Å². The van der Waals surface area contributed by atoms with Gasteiger partial charge in [-0.05, 0) is 29.7 Å². The second-order valence-electron chi connectivity index (χ2n) is 6.02. The van der Waals surface area contributed by atoms with Gasteiger partial charge in [0.05, 0.1) is 11.3 Å². The Hall–Kier alpha value is -3.33. The van der Waals surface area contributed by atoms with Crippen molar-refractivity contribution >= 4 is 5.82 Å². The van der Waals surface area contributed by atoms with Crippen LogP contribution < -0.4 is 5.73 Å². The van der Waals surface area contributed by atoms with Gasteiger partial charge in [0, 0.05) is 11.1 Å². The molecule has 2 aromatic carbocycles. The number of aryl methyl sites for hydroxylation is 1. The maximum atomic E-state index is 13.4. The highest BCUT2D eigenvalue weighted by atomic mass is 19.4. The van der Waals surface area contributed by atoms with Gasteiger partial charge in [0.15, 0.2) is 0 Å². The minimum atomic E-state index is -4.55. The summed E-state index contributed by atoms with van der Waals surface area (Å²) in [6.07, 6.45) is -3.68. The Kier molecular flexibility index (Phi) is 4.87. The molecular weight excluding hydrogens is 351 g/mol. The average Bonchev–Trinajstić information content (AvgIpc) is 2.66. The van der Waals surface area contributed by atoms with E-state index in [2.05, 4.69) is 4.98 Å². The van der Waals surface area contributed by atoms with E-state index in [4.69, 9.17) is 5.73 Å². The van der Waals surface area contributed by atoms with E-state index in [-0.39, 0.29) is 22.5 Å². The summed E-state index contributed by atoms with van der Waals surface area (Å²) in [5.74, 6) is -0.0958. The topological polar surface area (TPSA) is 62.7 Å². The Morgan fingerprint density at radius 1 is 1.04 bits per heavy atom. The first-order valence-corrected chi connectivity index (χ1v) is 8.31. The number of hydrogen-bond acceptors (Lipinski definition) is 3. The Balaban J connectivity index is 2.25. The van der Waals surface area contributed by atoms with E-state index < -0.39 is 11.7 Å². The smallest absolute Gasteiger partial charge is 0.383 e. The van der Waals surface area contributed by atoms with E-state index in [1.807, 2.05) is 37.3 Å². The van der Waals surface area contributed by atoms with Gasteiger partial charge in [-0.15, -0.1) is 0 Å². The second-order valence-corrected chi connectivity index (χ2v) is 6.02. The second kappa shape index (κ2) is 7.12. The summed E-state index contributed by atoms with van der Waals surface area (Å²) < 4.78 is 40.3. The molecule has 0 amide bonds. The average molecular weight is 367 g/mol. The number of benzene rings is 2. The number of nitrogens with zero attached hydrogens (tertiary/aromatic N) is 2. The first-order valence-electron chi connectivity index (χ1n) is 8.31. The van der Waals surface area contributed by atoms with Crippen LogP contribution in [0.1, 0.15) is 23.6 Å². The third kappa shape index (κ3) is 3.63. The van der Waals surface area contributed by atoms with Crippen LogP contribution in [0.2, 0.25) is 0 Å². The summed E-state index contributed by atoms with van der Waals surface area (Å²) in [5.41, 5.74) is 7.30. The van der Waals surface area contributed by atoms with Crippen LogP contribution in [0, 0.1) is 11.3 Å². The molecule has 27 heavy (non-hydrogen) atoms. The fourth-order valence-corrected chi connectivity index (χ4v) is 2.92. The molecule has 6 heteroatoms. The molecule has 0 bridgehead atoms. The number of alkyl halides is 3. The molecule has 0 aliphatic rings. The van der Waals surface area contributed by atoms with Crippen molar-refractivity contribution in [1.82, 2.24) is 4.98 Å². The van der Waals surface area contributed by atoms with E-state index in [0.717, 1.165) is 18.1 Å². The summed E-state index contributed by atoms with van der Waals surface area (Å²) in [6, 6.07) is 16.0. The predicted molar refractivity (Wildman–Crippen MR) is 98.6 cm³/mol. The van der Waals surface area contributed by atoms with Crippen molar-refractivity contribution in [2.24, 2.45) is 0 Å². The summed E-state index contributed by atoms with van der Waals surface area (Å²) in [7, 11) is 0. The fraction of sp³-hybridized carbons (Fsp3) is 0.143.